The number of hydrogen-bond acceptors (Lipinski definition) is 5. The monoisotopic (exact) mass is 281 g/mol. The SMILES string of the molecule is CNc1nc(-c2ccc(F)c(Cl)c2)nc(N(C)C)n1. The summed E-state index contributed by atoms with van der Waals surface area (Å²) < 4.78 is 13.2. The maximum Gasteiger partial charge on any atom is 0.230 e. The van der Waals surface area contributed by atoms with Crippen molar-refractivity contribution in [3.63, 3.8) is 0 Å². The van der Waals surface area contributed by atoms with E-state index in [0.29, 0.717) is 23.3 Å². The molecule has 1 aromatic heterocycles. The first kappa shape index (κ1) is 13.5. The Bertz CT molecular complexity index is 603. The number of anilines is 2. The molecule has 1 aromatic carbocycles. The summed E-state index contributed by atoms with van der Waals surface area (Å²) >= 11 is 5.77. The maximum absolute atomic E-state index is 13.2. The highest BCUT2D eigenvalue weighted by atomic mass is 35.5. The fourth-order valence-corrected chi connectivity index (χ4v) is 1.62. The highest BCUT2D eigenvalue weighted by Gasteiger charge is 2.10. The molecule has 0 atom stereocenters. The van der Waals surface area contributed by atoms with Gasteiger partial charge >= 0.3 is 0 Å². The fraction of sp³-hybridized carbons (Fsp3) is 0.250. The van der Waals surface area contributed by atoms with E-state index >= 15 is 0 Å². The van der Waals surface area contributed by atoms with Crippen molar-refractivity contribution in [3.8, 4) is 11.4 Å². The van der Waals surface area contributed by atoms with Crippen molar-refractivity contribution in [1.82, 2.24) is 15.0 Å². The van der Waals surface area contributed by atoms with E-state index in [1.165, 1.54) is 12.1 Å². The molecule has 1 heterocycles. The molecule has 0 spiro atoms. The van der Waals surface area contributed by atoms with E-state index in [9.17, 15) is 4.39 Å². The first-order valence-corrected chi connectivity index (χ1v) is 5.95. The van der Waals surface area contributed by atoms with Gasteiger partial charge in [-0.25, -0.2) is 4.39 Å². The van der Waals surface area contributed by atoms with Gasteiger partial charge in [0.05, 0.1) is 5.02 Å². The number of rotatable bonds is 3. The zero-order valence-corrected chi connectivity index (χ0v) is 11.5. The Kier molecular flexibility index (Phi) is 3.80. The Morgan fingerprint density at radius 1 is 1.21 bits per heavy atom. The Morgan fingerprint density at radius 2 is 1.95 bits per heavy atom. The topological polar surface area (TPSA) is 53.9 Å². The van der Waals surface area contributed by atoms with E-state index in [0.717, 1.165) is 0 Å². The normalized spacial score (nSPS) is 10.4. The van der Waals surface area contributed by atoms with Crippen LogP contribution < -0.4 is 10.2 Å². The van der Waals surface area contributed by atoms with Crippen molar-refractivity contribution in [2.75, 3.05) is 31.4 Å². The van der Waals surface area contributed by atoms with E-state index in [1.54, 1.807) is 18.0 Å². The van der Waals surface area contributed by atoms with Gasteiger partial charge < -0.3 is 10.2 Å². The Hall–Kier alpha value is -1.95. The standard InChI is InChI=1S/C12H13ClFN5/c1-15-11-16-10(17-12(18-11)19(2)3)7-4-5-9(14)8(13)6-7/h4-6H,1-3H3,(H,15,16,17,18). The number of hydrogen-bond donors (Lipinski definition) is 1. The van der Waals surface area contributed by atoms with Gasteiger partial charge in [-0.2, -0.15) is 15.0 Å². The van der Waals surface area contributed by atoms with Gasteiger partial charge in [0.1, 0.15) is 5.82 Å². The van der Waals surface area contributed by atoms with Crippen LogP contribution in [-0.2, 0) is 0 Å². The molecule has 0 aliphatic rings. The van der Waals surface area contributed by atoms with Gasteiger partial charge in [-0.15, -0.1) is 0 Å². The molecule has 1 N–H and O–H groups in total. The minimum absolute atomic E-state index is 0.0373. The number of nitrogens with zero attached hydrogens (tertiary/aromatic N) is 4. The summed E-state index contributed by atoms with van der Waals surface area (Å²) in [6.07, 6.45) is 0. The molecule has 0 saturated heterocycles. The number of aromatic nitrogens is 3. The van der Waals surface area contributed by atoms with Crippen molar-refractivity contribution >= 4 is 23.5 Å². The van der Waals surface area contributed by atoms with Crippen LogP contribution in [-0.4, -0.2) is 36.1 Å². The quantitative estimate of drug-likeness (QED) is 0.936. The van der Waals surface area contributed by atoms with Gasteiger partial charge in [0.25, 0.3) is 0 Å². The molecule has 0 aliphatic carbocycles. The first-order chi connectivity index (χ1) is 9.01. The van der Waals surface area contributed by atoms with E-state index < -0.39 is 5.82 Å². The smallest absolute Gasteiger partial charge is 0.230 e. The molecule has 0 unspecified atom stereocenters. The number of benzene rings is 1. The van der Waals surface area contributed by atoms with Gasteiger partial charge in [-0.05, 0) is 18.2 Å². The van der Waals surface area contributed by atoms with E-state index in [-0.39, 0.29) is 5.02 Å². The third-order valence-electron chi connectivity index (χ3n) is 2.43. The van der Waals surface area contributed by atoms with E-state index in [1.807, 2.05) is 14.1 Å². The molecule has 100 valence electrons. The maximum atomic E-state index is 13.2. The van der Waals surface area contributed by atoms with Crippen LogP contribution in [0.25, 0.3) is 11.4 Å². The third kappa shape index (κ3) is 2.90. The Labute approximate surface area is 115 Å². The van der Waals surface area contributed by atoms with Crippen LogP contribution >= 0.6 is 11.6 Å². The second-order valence-corrected chi connectivity index (χ2v) is 4.46. The highest BCUT2D eigenvalue weighted by molar-refractivity contribution is 6.31. The molecule has 0 fully saturated rings. The van der Waals surface area contributed by atoms with Crippen molar-refractivity contribution in [2.45, 2.75) is 0 Å². The lowest BCUT2D eigenvalue weighted by Crippen LogP contribution is -2.15. The summed E-state index contributed by atoms with van der Waals surface area (Å²) in [5, 5.41) is 2.90. The molecule has 7 heteroatoms. The third-order valence-corrected chi connectivity index (χ3v) is 2.71. The van der Waals surface area contributed by atoms with Crippen LogP contribution in [0.4, 0.5) is 16.3 Å². The van der Waals surface area contributed by atoms with Crippen LogP contribution in [0, 0.1) is 5.82 Å². The summed E-state index contributed by atoms with van der Waals surface area (Å²) in [4.78, 5) is 14.5. The highest BCUT2D eigenvalue weighted by Crippen LogP contribution is 2.24. The van der Waals surface area contributed by atoms with Crippen molar-refractivity contribution < 1.29 is 4.39 Å². The predicted octanol–water partition coefficient (Wildman–Crippen LogP) is 2.44. The average Bonchev–Trinajstić information content (AvgIpc) is 2.41. The second kappa shape index (κ2) is 5.36. The largest absolute Gasteiger partial charge is 0.357 e. The summed E-state index contributed by atoms with van der Waals surface area (Å²) in [6, 6.07) is 4.36. The van der Waals surface area contributed by atoms with Gasteiger partial charge in [-0.3, -0.25) is 0 Å². The summed E-state index contributed by atoms with van der Waals surface area (Å²) in [5.41, 5.74) is 0.633. The molecule has 5 nitrogen and oxygen atoms in total. The molecule has 0 saturated carbocycles. The van der Waals surface area contributed by atoms with Gasteiger partial charge in [0, 0.05) is 26.7 Å². The summed E-state index contributed by atoms with van der Waals surface area (Å²) in [5.74, 6) is 0.912. The second-order valence-electron chi connectivity index (χ2n) is 4.06. The Balaban J connectivity index is 2.54. The zero-order valence-electron chi connectivity index (χ0n) is 10.8. The Morgan fingerprint density at radius 3 is 2.53 bits per heavy atom. The van der Waals surface area contributed by atoms with E-state index in [2.05, 4.69) is 20.3 Å². The molecule has 0 aliphatic heterocycles. The van der Waals surface area contributed by atoms with Crippen LogP contribution in [0.2, 0.25) is 5.02 Å². The molecular formula is C12H13ClFN5. The molecule has 2 aromatic rings. The van der Waals surface area contributed by atoms with Crippen LogP contribution in [0.5, 0.6) is 0 Å². The molecule has 19 heavy (non-hydrogen) atoms. The zero-order chi connectivity index (χ0) is 14.0. The van der Waals surface area contributed by atoms with Crippen molar-refractivity contribution in [3.05, 3.63) is 29.0 Å². The lowest BCUT2D eigenvalue weighted by molar-refractivity contribution is 0.628. The number of nitrogens with one attached hydrogen (secondary N) is 1. The van der Waals surface area contributed by atoms with Crippen LogP contribution in [0.3, 0.4) is 0 Å². The van der Waals surface area contributed by atoms with Crippen molar-refractivity contribution in [2.24, 2.45) is 0 Å². The van der Waals surface area contributed by atoms with Gasteiger partial charge in [-0.1, -0.05) is 11.6 Å². The minimum atomic E-state index is -0.471. The molecular weight excluding hydrogens is 269 g/mol. The minimum Gasteiger partial charge on any atom is -0.357 e. The average molecular weight is 282 g/mol. The lowest BCUT2D eigenvalue weighted by atomic mass is 10.2. The molecule has 2 rings (SSSR count). The predicted molar refractivity (Wildman–Crippen MR) is 74.1 cm³/mol. The number of halogens is 2. The van der Waals surface area contributed by atoms with Crippen LogP contribution in [0.1, 0.15) is 0 Å². The van der Waals surface area contributed by atoms with E-state index in [4.69, 9.17) is 11.6 Å². The molecule has 0 bridgehead atoms. The fourth-order valence-electron chi connectivity index (χ4n) is 1.44. The van der Waals surface area contributed by atoms with Gasteiger partial charge in [0.15, 0.2) is 5.82 Å². The van der Waals surface area contributed by atoms with Crippen molar-refractivity contribution in [1.29, 1.82) is 0 Å². The summed E-state index contributed by atoms with van der Waals surface area (Å²) in [6.45, 7) is 0. The molecule has 0 radical (unpaired) electrons. The van der Waals surface area contributed by atoms with Gasteiger partial charge in [0.2, 0.25) is 11.9 Å². The first-order valence-electron chi connectivity index (χ1n) is 5.58. The molecule has 0 amide bonds. The summed E-state index contributed by atoms with van der Waals surface area (Å²) in [7, 11) is 5.38. The lowest BCUT2D eigenvalue weighted by Gasteiger charge is -2.12. The van der Waals surface area contributed by atoms with Crippen LogP contribution in [0.15, 0.2) is 18.2 Å².